The van der Waals surface area contributed by atoms with Crippen LogP contribution in [0.5, 0.6) is 0 Å². The summed E-state index contributed by atoms with van der Waals surface area (Å²) in [5.74, 6) is 0. The van der Waals surface area contributed by atoms with Gasteiger partial charge < -0.3 is 18.6 Å². The summed E-state index contributed by atoms with van der Waals surface area (Å²) < 4.78 is 14.0. The van der Waals surface area contributed by atoms with Gasteiger partial charge in [0.25, 0.3) is 0 Å². The highest BCUT2D eigenvalue weighted by molar-refractivity contribution is 6.29. The molecule has 0 atom stereocenters. The molecule has 0 aliphatic heterocycles. The van der Waals surface area contributed by atoms with Crippen molar-refractivity contribution in [1.29, 1.82) is 0 Å². The molecule has 0 fully saturated rings. The van der Waals surface area contributed by atoms with E-state index in [9.17, 15) is 0 Å². The summed E-state index contributed by atoms with van der Waals surface area (Å²) in [5, 5.41) is 11.8. The number of nitrogens with zero attached hydrogens (tertiary/aromatic N) is 2. The molecule has 0 aliphatic rings. The fourth-order valence-electron chi connectivity index (χ4n) is 10.6. The summed E-state index contributed by atoms with van der Waals surface area (Å²) >= 11 is 0. The lowest BCUT2D eigenvalue weighted by Crippen LogP contribution is -2.13. The third kappa shape index (κ3) is 5.75. The van der Waals surface area contributed by atoms with E-state index in [0.717, 1.165) is 104 Å². The number of fused-ring (bicyclic) bond motifs is 6. The lowest BCUT2D eigenvalue weighted by atomic mass is 9.91. The number of hydrogen-bond donors (Lipinski definition) is 0. The third-order valence-electron chi connectivity index (χ3n) is 13.5. The summed E-state index contributed by atoms with van der Waals surface area (Å²) in [6.07, 6.45) is 4.06. The Balaban J connectivity index is 1.13. The van der Waals surface area contributed by atoms with Crippen LogP contribution in [-0.2, 0) is 12.8 Å². The molecule has 2 aromatic heterocycles. The van der Waals surface area contributed by atoms with Crippen molar-refractivity contribution in [3.63, 3.8) is 0 Å². The first kappa shape index (κ1) is 38.1. The predicted molar refractivity (Wildman–Crippen MR) is 272 cm³/mol. The molecule has 12 rings (SSSR count). The fourth-order valence-corrected chi connectivity index (χ4v) is 10.6. The van der Waals surface area contributed by atoms with Gasteiger partial charge in [-0.3, -0.25) is 0 Å². The highest BCUT2D eigenvalue weighted by Gasteiger charge is 2.27. The van der Waals surface area contributed by atoms with Gasteiger partial charge in [0.1, 0.15) is 11.2 Å². The number of furan rings is 2. The van der Waals surface area contributed by atoms with Crippen LogP contribution in [0.2, 0.25) is 0 Å². The second-order valence-corrected chi connectivity index (χ2v) is 17.4. The Kier molecular flexibility index (Phi) is 8.98. The molecule has 0 aliphatic carbocycles. The van der Waals surface area contributed by atoms with E-state index in [4.69, 9.17) is 8.83 Å². The monoisotopic (exact) mass is 828 g/mol. The van der Waals surface area contributed by atoms with Gasteiger partial charge in [0.05, 0.1) is 22.7 Å². The number of benzene rings is 10. The van der Waals surface area contributed by atoms with Gasteiger partial charge in [-0.05, 0) is 107 Å². The van der Waals surface area contributed by atoms with Gasteiger partial charge >= 0.3 is 0 Å². The van der Waals surface area contributed by atoms with Crippen LogP contribution in [0.25, 0.3) is 76.2 Å². The molecule has 0 N–H and O–H groups in total. The normalized spacial score (nSPS) is 12.0. The first-order chi connectivity index (χ1) is 31.5. The molecule has 0 bridgehead atoms. The minimum absolute atomic E-state index is 0.896. The second kappa shape index (κ2) is 15.1. The topological polar surface area (TPSA) is 32.8 Å². The Labute approximate surface area is 372 Å². The Morgan fingerprint density at radius 1 is 0.328 bits per heavy atom. The van der Waals surface area contributed by atoms with Crippen LogP contribution in [0.3, 0.4) is 0 Å². The van der Waals surface area contributed by atoms with Crippen molar-refractivity contribution in [2.24, 2.45) is 0 Å². The smallest absolute Gasteiger partial charge is 0.159 e. The van der Waals surface area contributed by atoms with E-state index < -0.39 is 0 Å². The van der Waals surface area contributed by atoms with Crippen molar-refractivity contribution in [1.82, 2.24) is 0 Å². The molecule has 0 saturated carbocycles. The van der Waals surface area contributed by atoms with Crippen molar-refractivity contribution in [3.05, 3.63) is 192 Å². The molecule has 4 heteroatoms. The number of hydrogen-bond acceptors (Lipinski definition) is 4. The van der Waals surface area contributed by atoms with Crippen LogP contribution in [0.15, 0.2) is 179 Å². The van der Waals surface area contributed by atoms with Crippen molar-refractivity contribution >= 4 is 110 Å². The molecule has 64 heavy (non-hydrogen) atoms. The van der Waals surface area contributed by atoms with Gasteiger partial charge in [-0.15, -0.1) is 0 Å². The van der Waals surface area contributed by atoms with E-state index in [-0.39, 0.29) is 0 Å². The van der Waals surface area contributed by atoms with Gasteiger partial charge in [0, 0.05) is 43.7 Å². The second-order valence-electron chi connectivity index (χ2n) is 17.4. The van der Waals surface area contributed by atoms with E-state index >= 15 is 0 Å². The van der Waals surface area contributed by atoms with Gasteiger partial charge in [-0.1, -0.05) is 160 Å². The summed E-state index contributed by atoms with van der Waals surface area (Å²) in [4.78, 5) is 4.86. The Bertz CT molecular complexity index is 3510. The van der Waals surface area contributed by atoms with E-state index in [2.05, 4.69) is 207 Å². The average molecular weight is 829 g/mol. The highest BCUT2D eigenvalue weighted by atomic mass is 16.3. The van der Waals surface area contributed by atoms with Crippen LogP contribution in [0.4, 0.5) is 34.1 Å². The standard InChI is InChI=1S/C60H48N2O2/c1-5-15-41-19-11-21-43-45-23-13-27-53(59(45)63-57(41)43)61(49-25-9-7-17-37(49)3)51-35-31-39-30-34-48-52(36-32-40-29-33-47(51)55(39)56(40)48)62(50-26-10-8-18-38(50)4)54-28-14-24-46-44-22-12-20-42(16-6-2)58(44)64-60(46)54/h7-14,17-36H,5-6,15-16H2,1-4H3. The van der Waals surface area contributed by atoms with Crippen molar-refractivity contribution in [2.75, 3.05) is 9.80 Å². The molecule has 0 unspecified atom stereocenters. The molecule has 10 aromatic carbocycles. The van der Waals surface area contributed by atoms with E-state index in [0.29, 0.717) is 0 Å². The van der Waals surface area contributed by atoms with Gasteiger partial charge in [-0.25, -0.2) is 0 Å². The van der Waals surface area contributed by atoms with Crippen LogP contribution in [0, 0.1) is 13.8 Å². The number of anilines is 6. The van der Waals surface area contributed by atoms with E-state index in [1.807, 2.05) is 0 Å². The number of para-hydroxylation sites is 6. The minimum atomic E-state index is 0.896. The Morgan fingerprint density at radius 2 is 0.703 bits per heavy atom. The van der Waals surface area contributed by atoms with Crippen molar-refractivity contribution < 1.29 is 8.83 Å². The summed E-state index contributed by atoms with van der Waals surface area (Å²) in [7, 11) is 0. The maximum atomic E-state index is 7.01. The van der Waals surface area contributed by atoms with E-state index in [1.165, 1.54) is 54.6 Å². The molecular weight excluding hydrogens is 781 g/mol. The molecule has 0 amide bonds. The van der Waals surface area contributed by atoms with Gasteiger partial charge in [0.15, 0.2) is 11.2 Å². The quantitative estimate of drug-likeness (QED) is 0.129. The number of rotatable bonds is 10. The zero-order valence-electron chi connectivity index (χ0n) is 36.7. The van der Waals surface area contributed by atoms with Crippen molar-refractivity contribution in [3.8, 4) is 0 Å². The number of aryl methyl sites for hydroxylation is 4. The summed E-state index contributed by atoms with van der Waals surface area (Å²) in [5.41, 5.74) is 15.1. The van der Waals surface area contributed by atoms with Crippen LogP contribution in [0.1, 0.15) is 48.9 Å². The average Bonchev–Trinajstić information content (AvgIpc) is 3.91. The van der Waals surface area contributed by atoms with Crippen LogP contribution < -0.4 is 9.80 Å². The molecule has 0 saturated heterocycles. The van der Waals surface area contributed by atoms with Crippen molar-refractivity contribution in [2.45, 2.75) is 53.4 Å². The SMILES string of the molecule is CCCc1cccc2c1oc1c(N(c3ccccc3C)c3ccc4ccc5c(N(c6ccccc6C)c6cccc7c6oc6c(CCC)cccc67)ccc6ccc3c4c65)cccc12. The Hall–Kier alpha value is -7.56. The largest absolute Gasteiger partial charge is 0.454 e. The molecular formula is C60H48N2O2. The van der Waals surface area contributed by atoms with Crippen LogP contribution >= 0.6 is 0 Å². The first-order valence-electron chi connectivity index (χ1n) is 22.8. The lowest BCUT2D eigenvalue weighted by molar-refractivity contribution is 0.661. The van der Waals surface area contributed by atoms with Gasteiger partial charge in [-0.2, -0.15) is 0 Å². The highest BCUT2D eigenvalue weighted by Crippen LogP contribution is 2.51. The third-order valence-corrected chi connectivity index (χ3v) is 13.5. The summed E-state index contributed by atoms with van der Waals surface area (Å²) in [6, 6.07) is 62.2. The molecule has 0 spiro atoms. The maximum Gasteiger partial charge on any atom is 0.159 e. The van der Waals surface area contributed by atoms with E-state index in [1.54, 1.807) is 0 Å². The first-order valence-corrected chi connectivity index (χ1v) is 22.8. The summed E-state index contributed by atoms with van der Waals surface area (Å²) in [6.45, 7) is 8.87. The fraction of sp³-hybridized carbons (Fsp3) is 0.133. The van der Waals surface area contributed by atoms with Gasteiger partial charge in [0.2, 0.25) is 0 Å². The molecule has 310 valence electrons. The predicted octanol–water partition coefficient (Wildman–Crippen LogP) is 17.8. The zero-order chi connectivity index (χ0) is 43.1. The molecule has 12 aromatic rings. The Morgan fingerprint density at radius 3 is 1.12 bits per heavy atom. The molecule has 0 radical (unpaired) electrons. The van der Waals surface area contributed by atoms with Crippen LogP contribution in [-0.4, -0.2) is 0 Å². The zero-order valence-corrected chi connectivity index (χ0v) is 36.7. The molecule has 4 nitrogen and oxygen atoms in total. The lowest BCUT2D eigenvalue weighted by Gasteiger charge is -2.30. The maximum absolute atomic E-state index is 7.01. The molecule has 2 heterocycles. The minimum Gasteiger partial charge on any atom is -0.454 e.